The zero-order valence-corrected chi connectivity index (χ0v) is 11.2. The maximum Gasteiger partial charge on any atom is 0.348 e. The molecule has 0 unspecified atom stereocenters. The number of nitrogens with zero attached hydrogens (tertiary/aromatic N) is 2. The topological polar surface area (TPSA) is 46.3 Å². The third-order valence-electron chi connectivity index (χ3n) is 3.07. The van der Waals surface area contributed by atoms with Gasteiger partial charge in [0.1, 0.15) is 0 Å². The molecule has 2 aromatic carbocycles. The van der Waals surface area contributed by atoms with Gasteiger partial charge in [-0.3, -0.25) is 4.90 Å². The fraction of sp³-hybridized carbons (Fsp3) is 0.0588. The van der Waals surface area contributed by atoms with Gasteiger partial charge in [0.2, 0.25) is 0 Å². The van der Waals surface area contributed by atoms with Crippen molar-refractivity contribution >= 4 is 22.6 Å². The number of aromatic nitrogens is 1. The van der Waals surface area contributed by atoms with Gasteiger partial charge in [0.05, 0.1) is 17.4 Å². The fourth-order valence-corrected chi connectivity index (χ4v) is 2.09. The molecule has 0 saturated carbocycles. The van der Waals surface area contributed by atoms with E-state index in [0.29, 0.717) is 10.9 Å². The molecular formula is C17H12N2O2. The average Bonchev–Trinajstić information content (AvgIpc) is 2.53. The summed E-state index contributed by atoms with van der Waals surface area (Å²) in [6.07, 6.45) is 5.42. The van der Waals surface area contributed by atoms with Crippen molar-refractivity contribution in [3.63, 3.8) is 0 Å². The lowest BCUT2D eigenvalue weighted by Crippen LogP contribution is -2.20. The minimum atomic E-state index is -0.423. The predicted octanol–water partition coefficient (Wildman–Crippen LogP) is 2.96. The molecule has 0 saturated heterocycles. The molecule has 0 N–H and O–H groups in total. The van der Waals surface area contributed by atoms with Crippen LogP contribution in [0.4, 0.5) is 11.7 Å². The third kappa shape index (κ3) is 2.49. The molecule has 0 aliphatic rings. The second kappa shape index (κ2) is 5.51. The molecule has 102 valence electrons. The van der Waals surface area contributed by atoms with Crippen molar-refractivity contribution in [3.8, 4) is 12.3 Å². The molecule has 1 aromatic heterocycles. The van der Waals surface area contributed by atoms with E-state index in [1.165, 1.54) is 0 Å². The SMILES string of the molecule is C#CCN(c1ccccc1)c1nc2ccccc2c(=O)o1. The first-order valence-electron chi connectivity index (χ1n) is 6.45. The van der Waals surface area contributed by atoms with Crippen LogP contribution >= 0.6 is 0 Å². The van der Waals surface area contributed by atoms with E-state index in [1.54, 1.807) is 23.1 Å². The first-order valence-corrected chi connectivity index (χ1v) is 6.45. The summed E-state index contributed by atoms with van der Waals surface area (Å²) in [5.74, 6) is 2.56. The van der Waals surface area contributed by atoms with Crippen LogP contribution in [-0.2, 0) is 0 Å². The largest absolute Gasteiger partial charge is 0.388 e. The first kappa shape index (κ1) is 12.9. The minimum Gasteiger partial charge on any atom is -0.388 e. The summed E-state index contributed by atoms with van der Waals surface area (Å²) < 4.78 is 5.32. The molecule has 21 heavy (non-hydrogen) atoms. The lowest BCUT2D eigenvalue weighted by atomic mass is 10.2. The lowest BCUT2D eigenvalue weighted by Gasteiger charge is -2.19. The molecule has 0 bridgehead atoms. The Balaban J connectivity index is 2.17. The summed E-state index contributed by atoms with van der Waals surface area (Å²) in [5.41, 5.74) is 0.983. The Kier molecular flexibility index (Phi) is 3.40. The van der Waals surface area contributed by atoms with Crippen molar-refractivity contribution in [2.75, 3.05) is 11.4 Å². The lowest BCUT2D eigenvalue weighted by molar-refractivity contribution is 0.504. The molecule has 0 aliphatic carbocycles. The Bertz CT molecular complexity index is 863. The van der Waals surface area contributed by atoms with Crippen molar-refractivity contribution in [2.24, 2.45) is 0 Å². The number of para-hydroxylation sites is 2. The van der Waals surface area contributed by atoms with Gasteiger partial charge in [0.25, 0.3) is 0 Å². The van der Waals surface area contributed by atoms with E-state index >= 15 is 0 Å². The van der Waals surface area contributed by atoms with E-state index in [9.17, 15) is 4.79 Å². The highest BCUT2D eigenvalue weighted by Gasteiger charge is 2.14. The molecule has 0 aliphatic heterocycles. The summed E-state index contributed by atoms with van der Waals surface area (Å²) in [4.78, 5) is 18.1. The van der Waals surface area contributed by atoms with Gasteiger partial charge in [-0.1, -0.05) is 36.3 Å². The van der Waals surface area contributed by atoms with Crippen LogP contribution in [0.25, 0.3) is 10.9 Å². The molecule has 3 rings (SSSR count). The highest BCUT2D eigenvalue weighted by molar-refractivity contribution is 5.78. The first-order chi connectivity index (χ1) is 10.3. The van der Waals surface area contributed by atoms with Gasteiger partial charge < -0.3 is 4.42 Å². The van der Waals surface area contributed by atoms with E-state index in [1.807, 2.05) is 36.4 Å². The number of fused-ring (bicyclic) bond motifs is 1. The van der Waals surface area contributed by atoms with Crippen LogP contribution in [0.1, 0.15) is 0 Å². The van der Waals surface area contributed by atoms with Crippen molar-refractivity contribution < 1.29 is 4.42 Å². The number of benzene rings is 2. The van der Waals surface area contributed by atoms with Crippen LogP contribution in [0.5, 0.6) is 0 Å². The van der Waals surface area contributed by atoms with Crippen molar-refractivity contribution in [3.05, 3.63) is 65.0 Å². The van der Waals surface area contributed by atoms with Crippen molar-refractivity contribution in [2.45, 2.75) is 0 Å². The molecule has 0 spiro atoms. The number of rotatable bonds is 3. The average molecular weight is 276 g/mol. The van der Waals surface area contributed by atoms with Crippen LogP contribution in [0.15, 0.2) is 63.8 Å². The second-order valence-corrected chi connectivity index (χ2v) is 4.43. The molecule has 4 heteroatoms. The van der Waals surface area contributed by atoms with Gasteiger partial charge in [0, 0.05) is 5.69 Å². The monoisotopic (exact) mass is 276 g/mol. The number of hydrogen-bond acceptors (Lipinski definition) is 4. The fourth-order valence-electron chi connectivity index (χ4n) is 2.09. The smallest absolute Gasteiger partial charge is 0.348 e. The number of anilines is 2. The number of hydrogen-bond donors (Lipinski definition) is 0. The van der Waals surface area contributed by atoms with Gasteiger partial charge in [0.15, 0.2) is 0 Å². The van der Waals surface area contributed by atoms with E-state index in [0.717, 1.165) is 5.69 Å². The number of terminal acetylenes is 1. The molecular weight excluding hydrogens is 264 g/mol. The molecule has 0 amide bonds. The second-order valence-electron chi connectivity index (χ2n) is 4.43. The summed E-state index contributed by atoms with van der Waals surface area (Å²) in [6, 6.07) is 16.7. The molecule has 0 radical (unpaired) electrons. The highest BCUT2D eigenvalue weighted by Crippen LogP contribution is 2.23. The Morgan fingerprint density at radius 2 is 1.81 bits per heavy atom. The summed E-state index contributed by atoms with van der Waals surface area (Å²) in [6.45, 7) is 0.262. The minimum absolute atomic E-state index is 0.197. The van der Waals surface area contributed by atoms with Gasteiger partial charge in [-0.15, -0.1) is 6.42 Å². The Morgan fingerprint density at radius 1 is 1.10 bits per heavy atom. The highest BCUT2D eigenvalue weighted by atomic mass is 16.4. The van der Waals surface area contributed by atoms with Crippen LogP contribution in [0.2, 0.25) is 0 Å². The molecule has 0 atom stereocenters. The Labute approximate surface area is 121 Å². The van der Waals surface area contributed by atoms with Crippen LogP contribution in [0, 0.1) is 12.3 Å². The predicted molar refractivity (Wildman–Crippen MR) is 82.6 cm³/mol. The van der Waals surface area contributed by atoms with Crippen LogP contribution in [0.3, 0.4) is 0 Å². The zero-order valence-electron chi connectivity index (χ0n) is 11.2. The normalized spacial score (nSPS) is 10.2. The summed E-state index contributed by atoms with van der Waals surface area (Å²) >= 11 is 0. The van der Waals surface area contributed by atoms with Gasteiger partial charge in [-0.2, -0.15) is 4.98 Å². The van der Waals surface area contributed by atoms with Crippen molar-refractivity contribution in [1.29, 1.82) is 0 Å². The van der Waals surface area contributed by atoms with Gasteiger partial charge >= 0.3 is 11.6 Å². The molecule has 3 aromatic rings. The zero-order chi connectivity index (χ0) is 14.7. The van der Waals surface area contributed by atoms with Gasteiger partial charge in [-0.05, 0) is 24.3 Å². The Hall–Kier alpha value is -3.06. The maximum absolute atomic E-state index is 12.1. The summed E-state index contributed by atoms with van der Waals surface area (Å²) in [7, 11) is 0. The van der Waals surface area contributed by atoms with Crippen LogP contribution in [-0.4, -0.2) is 11.5 Å². The molecule has 4 nitrogen and oxygen atoms in total. The van der Waals surface area contributed by atoms with Crippen LogP contribution < -0.4 is 10.5 Å². The van der Waals surface area contributed by atoms with Gasteiger partial charge in [-0.25, -0.2) is 4.79 Å². The summed E-state index contributed by atoms with van der Waals surface area (Å²) in [5, 5.41) is 0.454. The Morgan fingerprint density at radius 3 is 2.57 bits per heavy atom. The molecule has 1 heterocycles. The third-order valence-corrected chi connectivity index (χ3v) is 3.07. The van der Waals surface area contributed by atoms with Crippen molar-refractivity contribution in [1.82, 2.24) is 4.98 Å². The van der Waals surface area contributed by atoms with E-state index in [-0.39, 0.29) is 12.6 Å². The standard InChI is InChI=1S/C17H12N2O2/c1-2-12-19(13-8-4-3-5-9-13)17-18-15-11-7-6-10-14(15)16(20)21-17/h1,3-11H,12H2. The van der Waals surface area contributed by atoms with E-state index in [4.69, 9.17) is 10.8 Å². The van der Waals surface area contributed by atoms with E-state index < -0.39 is 5.63 Å². The molecule has 0 fully saturated rings. The van der Waals surface area contributed by atoms with E-state index in [2.05, 4.69) is 10.9 Å². The quantitative estimate of drug-likeness (QED) is 0.690. The maximum atomic E-state index is 12.1.